The van der Waals surface area contributed by atoms with Crippen molar-refractivity contribution in [3.8, 4) is 11.5 Å². The number of hydrogen-bond donors (Lipinski definition) is 0. The van der Waals surface area contributed by atoms with Crippen LogP contribution in [-0.4, -0.2) is 44.5 Å². The molecule has 0 bridgehead atoms. The van der Waals surface area contributed by atoms with E-state index in [1.165, 1.54) is 16.7 Å². The maximum Gasteiger partial charge on any atom is 0.166 e. The van der Waals surface area contributed by atoms with Gasteiger partial charge in [-0.1, -0.05) is 18.2 Å². The Labute approximate surface area is 136 Å². The first-order chi connectivity index (χ1) is 11.1. The van der Waals surface area contributed by atoms with Crippen LogP contribution in [0.5, 0.6) is 11.5 Å². The number of carbonyl (C=O) groups is 1. The number of aryl methyl sites for hydroxylation is 1. The molecule has 1 aromatic rings. The van der Waals surface area contributed by atoms with E-state index in [1.54, 1.807) is 7.11 Å². The molecule has 2 atom stereocenters. The smallest absolute Gasteiger partial charge is 0.166 e. The van der Waals surface area contributed by atoms with Crippen molar-refractivity contribution in [1.29, 1.82) is 0 Å². The third-order valence-electron chi connectivity index (χ3n) is 5.50. The van der Waals surface area contributed by atoms with Gasteiger partial charge >= 0.3 is 0 Å². The molecule has 0 unspecified atom stereocenters. The molecule has 0 N–H and O–H groups in total. The van der Waals surface area contributed by atoms with E-state index in [4.69, 9.17) is 9.47 Å². The van der Waals surface area contributed by atoms with E-state index in [9.17, 15) is 4.79 Å². The fourth-order valence-corrected chi connectivity index (χ4v) is 4.41. The standard InChI is InChI=1S/C19H21NO3/c1-12-4-7-15(22-3)17-16(12)19-8-9-20(2)10-14(19)6-5-13(11-21)18(19)23-17/h4-7,11,18H,8-10H2,1-3H3/t18-,19+/m1/s1. The van der Waals surface area contributed by atoms with E-state index < -0.39 is 0 Å². The van der Waals surface area contributed by atoms with Gasteiger partial charge in [-0.05, 0) is 44.1 Å². The maximum absolute atomic E-state index is 11.6. The van der Waals surface area contributed by atoms with Crippen LogP contribution in [0.25, 0.3) is 0 Å². The molecular weight excluding hydrogens is 290 g/mol. The molecule has 1 saturated heterocycles. The van der Waals surface area contributed by atoms with Crippen molar-refractivity contribution in [2.45, 2.75) is 24.9 Å². The van der Waals surface area contributed by atoms with E-state index in [0.29, 0.717) is 0 Å². The number of nitrogens with zero attached hydrogens (tertiary/aromatic N) is 1. The van der Waals surface area contributed by atoms with Crippen LogP contribution in [0.1, 0.15) is 17.5 Å². The first-order valence-electron chi connectivity index (χ1n) is 8.01. The van der Waals surface area contributed by atoms with E-state index in [-0.39, 0.29) is 11.5 Å². The van der Waals surface area contributed by atoms with Gasteiger partial charge in [0.05, 0.1) is 12.5 Å². The van der Waals surface area contributed by atoms with Crippen molar-refractivity contribution in [3.63, 3.8) is 0 Å². The summed E-state index contributed by atoms with van der Waals surface area (Å²) in [7, 11) is 3.80. The van der Waals surface area contributed by atoms with Gasteiger partial charge in [-0.15, -0.1) is 0 Å². The van der Waals surface area contributed by atoms with Crippen LogP contribution < -0.4 is 9.47 Å². The molecule has 1 aliphatic carbocycles. The van der Waals surface area contributed by atoms with E-state index in [1.807, 2.05) is 12.1 Å². The monoisotopic (exact) mass is 311 g/mol. The second-order valence-corrected chi connectivity index (χ2v) is 6.72. The summed E-state index contributed by atoms with van der Waals surface area (Å²) in [4.78, 5) is 13.9. The molecular formula is C19H21NO3. The third-order valence-corrected chi connectivity index (χ3v) is 5.50. The molecule has 3 aliphatic rings. The normalized spacial score (nSPS) is 28.7. The summed E-state index contributed by atoms with van der Waals surface area (Å²) in [5.41, 5.74) is 4.22. The molecule has 4 rings (SSSR count). The van der Waals surface area contributed by atoms with Crippen LogP contribution in [0.15, 0.2) is 35.4 Å². The minimum Gasteiger partial charge on any atom is -0.493 e. The second kappa shape index (κ2) is 4.96. The van der Waals surface area contributed by atoms with Gasteiger partial charge in [0, 0.05) is 17.7 Å². The number of benzene rings is 1. The molecule has 0 saturated carbocycles. The topological polar surface area (TPSA) is 38.8 Å². The molecule has 1 aromatic carbocycles. The van der Waals surface area contributed by atoms with Crippen LogP contribution in [0, 0.1) is 6.92 Å². The van der Waals surface area contributed by atoms with Gasteiger partial charge < -0.3 is 14.4 Å². The number of methoxy groups -OCH3 is 1. The molecule has 0 aromatic heterocycles. The molecule has 4 heteroatoms. The zero-order valence-corrected chi connectivity index (χ0v) is 13.8. The summed E-state index contributed by atoms with van der Waals surface area (Å²) < 4.78 is 11.9. The zero-order valence-electron chi connectivity index (χ0n) is 13.8. The number of hydrogen-bond acceptors (Lipinski definition) is 4. The number of ether oxygens (including phenoxy) is 2. The molecule has 0 radical (unpaired) electrons. The maximum atomic E-state index is 11.6. The lowest BCUT2D eigenvalue weighted by Gasteiger charge is -2.45. The van der Waals surface area contributed by atoms with E-state index in [2.05, 4.69) is 31.0 Å². The molecule has 23 heavy (non-hydrogen) atoms. The quantitative estimate of drug-likeness (QED) is 0.786. The van der Waals surface area contributed by atoms with Gasteiger partial charge in [0.25, 0.3) is 0 Å². The predicted molar refractivity (Wildman–Crippen MR) is 88.2 cm³/mol. The number of likely N-dealkylation sites (tertiary alicyclic amines) is 1. The first kappa shape index (κ1) is 14.5. The number of fused-ring (bicyclic) bond motifs is 1. The Hall–Kier alpha value is -2.07. The molecule has 0 amide bonds. The van der Waals surface area contributed by atoms with Gasteiger partial charge in [0.15, 0.2) is 11.5 Å². The molecule has 2 aliphatic heterocycles. The Kier molecular flexibility index (Phi) is 3.13. The Morgan fingerprint density at radius 1 is 1.39 bits per heavy atom. The van der Waals surface area contributed by atoms with Crippen LogP contribution in [0.3, 0.4) is 0 Å². The van der Waals surface area contributed by atoms with Gasteiger partial charge in [-0.2, -0.15) is 0 Å². The highest BCUT2D eigenvalue weighted by atomic mass is 16.5. The Morgan fingerprint density at radius 2 is 2.22 bits per heavy atom. The van der Waals surface area contributed by atoms with Crippen LogP contribution in [-0.2, 0) is 10.2 Å². The lowest BCUT2D eigenvalue weighted by atomic mass is 9.62. The lowest BCUT2D eigenvalue weighted by Crippen LogP contribution is -2.51. The summed E-state index contributed by atoms with van der Waals surface area (Å²) in [6.07, 6.45) is 5.68. The fraction of sp³-hybridized carbons (Fsp3) is 0.421. The van der Waals surface area contributed by atoms with Crippen molar-refractivity contribution in [1.82, 2.24) is 4.90 Å². The lowest BCUT2D eigenvalue weighted by molar-refractivity contribution is -0.105. The number of piperidine rings is 1. The summed E-state index contributed by atoms with van der Waals surface area (Å²) in [5, 5.41) is 0. The van der Waals surface area contributed by atoms with Crippen molar-refractivity contribution < 1.29 is 14.3 Å². The van der Waals surface area contributed by atoms with E-state index in [0.717, 1.165) is 42.9 Å². The average Bonchev–Trinajstić information content (AvgIpc) is 2.91. The highest BCUT2D eigenvalue weighted by Crippen LogP contribution is 2.58. The van der Waals surface area contributed by atoms with Crippen LogP contribution >= 0.6 is 0 Å². The van der Waals surface area contributed by atoms with Crippen LogP contribution in [0.4, 0.5) is 0 Å². The van der Waals surface area contributed by atoms with Crippen molar-refractivity contribution in [2.24, 2.45) is 0 Å². The minimum atomic E-state index is -0.237. The fourth-order valence-electron chi connectivity index (χ4n) is 4.41. The summed E-state index contributed by atoms with van der Waals surface area (Å²) in [6.45, 7) is 4.01. The van der Waals surface area contributed by atoms with Crippen LogP contribution in [0.2, 0.25) is 0 Å². The molecule has 1 fully saturated rings. The number of carbonyl (C=O) groups excluding carboxylic acids is 1. The SMILES string of the molecule is COc1ccc(C)c2c1O[C@@H]1C(C=O)=CC=C3CN(C)CC[C@]321. The van der Waals surface area contributed by atoms with Gasteiger partial charge in [-0.25, -0.2) is 0 Å². The Balaban J connectivity index is 1.99. The summed E-state index contributed by atoms with van der Waals surface area (Å²) >= 11 is 0. The summed E-state index contributed by atoms with van der Waals surface area (Å²) in [5.74, 6) is 1.56. The molecule has 2 heterocycles. The van der Waals surface area contributed by atoms with Gasteiger partial charge in [0.1, 0.15) is 12.4 Å². The molecule has 4 nitrogen and oxygen atoms in total. The zero-order chi connectivity index (χ0) is 16.2. The third kappa shape index (κ3) is 1.78. The van der Waals surface area contributed by atoms with Gasteiger partial charge in [-0.3, -0.25) is 4.79 Å². The summed E-state index contributed by atoms with van der Waals surface area (Å²) in [6, 6.07) is 4.04. The van der Waals surface area contributed by atoms with E-state index >= 15 is 0 Å². The van der Waals surface area contributed by atoms with Gasteiger partial charge in [0.2, 0.25) is 0 Å². The number of allylic oxidation sites excluding steroid dienone is 2. The van der Waals surface area contributed by atoms with Crippen molar-refractivity contribution in [3.05, 3.63) is 46.6 Å². The molecule has 120 valence electrons. The van der Waals surface area contributed by atoms with Crippen molar-refractivity contribution >= 4 is 6.29 Å². The highest BCUT2D eigenvalue weighted by Gasteiger charge is 2.56. The Morgan fingerprint density at radius 3 is 2.96 bits per heavy atom. The van der Waals surface area contributed by atoms with Crippen molar-refractivity contribution in [2.75, 3.05) is 27.2 Å². The second-order valence-electron chi connectivity index (χ2n) is 6.72. The largest absolute Gasteiger partial charge is 0.493 e. The average molecular weight is 311 g/mol. The molecule has 1 spiro atoms. The predicted octanol–water partition coefficient (Wildman–Crippen LogP) is 2.40. The highest BCUT2D eigenvalue weighted by molar-refractivity contribution is 5.80. The number of rotatable bonds is 2. The Bertz CT molecular complexity index is 749. The first-order valence-corrected chi connectivity index (χ1v) is 8.01. The minimum absolute atomic E-state index is 0.231. The number of aldehydes is 1. The number of likely N-dealkylation sites (N-methyl/N-ethyl adjacent to an activating group) is 1.